The molecule has 1 N–H and O–H groups in total. The van der Waals surface area contributed by atoms with E-state index < -0.39 is 12.0 Å². The number of rotatable bonds is 4. The molecule has 1 aromatic heterocycles. The smallest absolute Gasteiger partial charge is 0.326 e. The second kappa shape index (κ2) is 5.31. The van der Waals surface area contributed by atoms with Gasteiger partial charge in [-0.25, -0.2) is 4.79 Å². The van der Waals surface area contributed by atoms with E-state index in [0.717, 1.165) is 12.0 Å². The van der Waals surface area contributed by atoms with Crippen LogP contribution in [0.2, 0.25) is 0 Å². The summed E-state index contributed by atoms with van der Waals surface area (Å²) < 4.78 is 0. The van der Waals surface area contributed by atoms with E-state index in [1.807, 2.05) is 19.9 Å². The van der Waals surface area contributed by atoms with Crippen molar-refractivity contribution in [2.45, 2.75) is 33.2 Å². The van der Waals surface area contributed by atoms with Gasteiger partial charge in [0, 0.05) is 11.9 Å². The average molecular weight is 255 g/mol. The van der Waals surface area contributed by atoms with Crippen LogP contribution in [0.15, 0.2) is 6.07 Å². The molecule has 0 saturated carbocycles. The normalized spacial score (nSPS) is 12.2. The Morgan fingerprint density at radius 1 is 1.53 bits per heavy atom. The van der Waals surface area contributed by atoms with Crippen LogP contribution in [0.4, 0.5) is 0 Å². The highest BCUT2D eigenvalue weighted by Gasteiger charge is 2.24. The third-order valence-electron chi connectivity index (χ3n) is 2.81. The molecule has 0 radical (unpaired) electrons. The van der Waals surface area contributed by atoms with Gasteiger partial charge in [0.15, 0.2) is 0 Å². The van der Waals surface area contributed by atoms with E-state index in [2.05, 4.69) is 0 Å². The van der Waals surface area contributed by atoms with Crippen LogP contribution in [-0.4, -0.2) is 35.0 Å². The first-order valence-electron chi connectivity index (χ1n) is 5.47. The molecule has 0 aliphatic carbocycles. The van der Waals surface area contributed by atoms with Crippen molar-refractivity contribution in [1.29, 1.82) is 0 Å². The van der Waals surface area contributed by atoms with Gasteiger partial charge in [0.05, 0.1) is 4.88 Å². The Bertz CT molecular complexity index is 439. The van der Waals surface area contributed by atoms with E-state index >= 15 is 0 Å². The summed E-state index contributed by atoms with van der Waals surface area (Å²) in [6.45, 7) is 5.50. The van der Waals surface area contributed by atoms with Crippen LogP contribution in [0.25, 0.3) is 0 Å². The summed E-state index contributed by atoms with van der Waals surface area (Å²) in [5, 5.41) is 8.86. The topological polar surface area (TPSA) is 57.6 Å². The van der Waals surface area contributed by atoms with Crippen molar-refractivity contribution < 1.29 is 14.7 Å². The highest BCUT2D eigenvalue weighted by molar-refractivity contribution is 7.14. The number of carbonyl (C=O) groups is 2. The number of amides is 1. The van der Waals surface area contributed by atoms with Crippen LogP contribution in [0, 0.1) is 6.92 Å². The molecule has 0 bridgehead atoms. The van der Waals surface area contributed by atoms with E-state index in [1.54, 1.807) is 0 Å². The van der Waals surface area contributed by atoms with Gasteiger partial charge < -0.3 is 10.0 Å². The quantitative estimate of drug-likeness (QED) is 0.897. The first-order chi connectivity index (χ1) is 7.88. The van der Waals surface area contributed by atoms with Crippen molar-refractivity contribution in [2.75, 3.05) is 7.05 Å². The molecule has 0 aliphatic rings. The maximum Gasteiger partial charge on any atom is 0.326 e. The monoisotopic (exact) mass is 255 g/mol. The summed E-state index contributed by atoms with van der Waals surface area (Å²) in [5.41, 5.74) is 1.09. The Labute approximate surface area is 105 Å². The van der Waals surface area contributed by atoms with E-state index in [9.17, 15) is 9.59 Å². The molecule has 0 aromatic carbocycles. The molecule has 5 heteroatoms. The lowest BCUT2D eigenvalue weighted by atomic mass is 10.2. The van der Waals surface area contributed by atoms with Crippen molar-refractivity contribution in [3.05, 3.63) is 21.4 Å². The molecule has 1 heterocycles. The SMILES string of the molecule is CCc1sc(C(=O)N(C)C(C)C(=O)O)cc1C. The number of aliphatic carboxylic acids is 1. The minimum absolute atomic E-state index is 0.229. The Morgan fingerprint density at radius 3 is 2.53 bits per heavy atom. The molecular weight excluding hydrogens is 238 g/mol. The number of hydrogen-bond acceptors (Lipinski definition) is 3. The summed E-state index contributed by atoms with van der Waals surface area (Å²) in [4.78, 5) is 25.9. The Morgan fingerprint density at radius 2 is 2.12 bits per heavy atom. The van der Waals surface area contributed by atoms with Crippen molar-refractivity contribution >= 4 is 23.2 Å². The lowest BCUT2D eigenvalue weighted by Crippen LogP contribution is -2.39. The Balaban J connectivity index is 2.92. The van der Waals surface area contributed by atoms with Gasteiger partial charge in [-0.05, 0) is 31.9 Å². The van der Waals surface area contributed by atoms with E-state index in [0.29, 0.717) is 4.88 Å². The molecule has 0 saturated heterocycles. The lowest BCUT2D eigenvalue weighted by Gasteiger charge is -2.20. The fraction of sp³-hybridized carbons (Fsp3) is 0.500. The minimum Gasteiger partial charge on any atom is -0.480 e. The summed E-state index contributed by atoms with van der Waals surface area (Å²) in [7, 11) is 1.52. The fourth-order valence-corrected chi connectivity index (χ4v) is 2.59. The standard InChI is InChI=1S/C12H17NO3S/c1-5-9-7(2)6-10(17-9)11(14)13(4)8(3)12(15)16/h6,8H,5H2,1-4H3,(H,15,16). The summed E-state index contributed by atoms with van der Waals surface area (Å²) in [5.74, 6) is -1.22. The number of thiophene rings is 1. The first-order valence-corrected chi connectivity index (χ1v) is 6.29. The van der Waals surface area contributed by atoms with Crippen LogP contribution in [0.5, 0.6) is 0 Å². The Kier molecular flexibility index (Phi) is 4.28. The van der Waals surface area contributed by atoms with Crippen LogP contribution < -0.4 is 0 Å². The second-order valence-electron chi connectivity index (χ2n) is 4.00. The highest BCUT2D eigenvalue weighted by atomic mass is 32.1. The van der Waals surface area contributed by atoms with Gasteiger partial charge in [-0.3, -0.25) is 4.79 Å². The maximum atomic E-state index is 12.0. The number of hydrogen-bond donors (Lipinski definition) is 1. The first kappa shape index (κ1) is 13.7. The van der Waals surface area contributed by atoms with Crippen molar-refractivity contribution in [3.8, 4) is 0 Å². The van der Waals surface area contributed by atoms with Crippen molar-refractivity contribution in [3.63, 3.8) is 0 Å². The van der Waals surface area contributed by atoms with Gasteiger partial charge in [-0.2, -0.15) is 0 Å². The number of aryl methyl sites for hydroxylation is 2. The number of carbonyl (C=O) groups excluding carboxylic acids is 1. The molecule has 4 nitrogen and oxygen atoms in total. The number of carboxylic acid groups (broad SMARTS) is 1. The lowest BCUT2D eigenvalue weighted by molar-refractivity contribution is -0.141. The average Bonchev–Trinajstić information content (AvgIpc) is 2.67. The third-order valence-corrected chi connectivity index (χ3v) is 4.18. The summed E-state index contributed by atoms with van der Waals surface area (Å²) in [6.07, 6.45) is 0.891. The van der Waals surface area contributed by atoms with Gasteiger partial charge in [0.2, 0.25) is 0 Å². The molecule has 0 spiro atoms. The molecule has 1 rings (SSSR count). The molecule has 1 unspecified atom stereocenters. The van der Waals surface area contributed by atoms with Crippen molar-refractivity contribution in [1.82, 2.24) is 4.90 Å². The minimum atomic E-state index is -0.996. The highest BCUT2D eigenvalue weighted by Crippen LogP contribution is 2.23. The van der Waals surface area contributed by atoms with Gasteiger partial charge in [0.1, 0.15) is 6.04 Å². The zero-order valence-electron chi connectivity index (χ0n) is 10.5. The predicted molar refractivity (Wildman–Crippen MR) is 67.6 cm³/mol. The maximum absolute atomic E-state index is 12.0. The van der Waals surface area contributed by atoms with Crippen LogP contribution in [-0.2, 0) is 11.2 Å². The van der Waals surface area contributed by atoms with Crippen LogP contribution in [0.1, 0.15) is 34.0 Å². The van der Waals surface area contributed by atoms with Gasteiger partial charge >= 0.3 is 5.97 Å². The molecule has 1 aromatic rings. The van der Waals surface area contributed by atoms with E-state index in [1.165, 1.54) is 35.1 Å². The zero-order valence-corrected chi connectivity index (χ0v) is 11.3. The van der Waals surface area contributed by atoms with E-state index in [4.69, 9.17) is 5.11 Å². The van der Waals surface area contributed by atoms with Crippen LogP contribution >= 0.6 is 11.3 Å². The molecule has 0 fully saturated rings. The zero-order chi connectivity index (χ0) is 13.2. The van der Waals surface area contributed by atoms with Crippen molar-refractivity contribution in [2.24, 2.45) is 0 Å². The molecule has 94 valence electrons. The van der Waals surface area contributed by atoms with E-state index in [-0.39, 0.29) is 5.91 Å². The molecule has 1 amide bonds. The van der Waals surface area contributed by atoms with Gasteiger partial charge in [-0.1, -0.05) is 6.92 Å². The number of nitrogens with zero attached hydrogens (tertiary/aromatic N) is 1. The largest absolute Gasteiger partial charge is 0.480 e. The predicted octanol–water partition coefficient (Wildman–Crippen LogP) is 2.16. The summed E-state index contributed by atoms with van der Waals surface area (Å²) >= 11 is 1.44. The molecular formula is C12H17NO3S. The molecule has 1 atom stereocenters. The molecule has 0 aliphatic heterocycles. The Hall–Kier alpha value is -1.36. The fourth-order valence-electron chi connectivity index (χ4n) is 1.49. The second-order valence-corrected chi connectivity index (χ2v) is 5.14. The van der Waals surface area contributed by atoms with Crippen LogP contribution in [0.3, 0.4) is 0 Å². The summed E-state index contributed by atoms with van der Waals surface area (Å²) in [6, 6.07) is 1.02. The number of likely N-dealkylation sites (N-methyl/N-ethyl adjacent to an activating group) is 1. The van der Waals surface area contributed by atoms with Gasteiger partial charge in [0.25, 0.3) is 5.91 Å². The molecule has 17 heavy (non-hydrogen) atoms. The number of carboxylic acids is 1. The van der Waals surface area contributed by atoms with Gasteiger partial charge in [-0.15, -0.1) is 11.3 Å². The third kappa shape index (κ3) is 2.85.